The van der Waals surface area contributed by atoms with Crippen LogP contribution in [-0.4, -0.2) is 19.6 Å². The molecule has 5 heterocycles. The minimum atomic E-state index is -0.896. The van der Waals surface area contributed by atoms with Crippen LogP contribution in [0.25, 0.3) is 28.2 Å². The van der Waals surface area contributed by atoms with Crippen molar-refractivity contribution in [3.63, 3.8) is 0 Å². The maximum absolute atomic E-state index is 15.2. The lowest BCUT2D eigenvalue weighted by molar-refractivity contribution is 0.420. The van der Waals surface area contributed by atoms with Gasteiger partial charge in [0.2, 0.25) is 11.7 Å². The molecule has 4 aromatic heterocycles. The summed E-state index contributed by atoms with van der Waals surface area (Å²) < 4.78 is 34.6. The maximum atomic E-state index is 15.2. The summed E-state index contributed by atoms with van der Waals surface area (Å²) in [4.78, 5) is 22.4. The van der Waals surface area contributed by atoms with Crippen molar-refractivity contribution in [2.45, 2.75) is 5.92 Å². The van der Waals surface area contributed by atoms with E-state index in [2.05, 4.69) is 31.0 Å². The highest BCUT2D eigenvalue weighted by atomic mass is 79.9. The zero-order valence-corrected chi connectivity index (χ0v) is 19.2. The molecule has 7 rings (SSSR count). The van der Waals surface area contributed by atoms with Crippen LogP contribution in [0, 0.1) is 5.82 Å². The van der Waals surface area contributed by atoms with Crippen molar-refractivity contribution in [1.29, 1.82) is 0 Å². The summed E-state index contributed by atoms with van der Waals surface area (Å²) in [7, 11) is 0. The van der Waals surface area contributed by atoms with Gasteiger partial charge in [-0.05, 0) is 46.3 Å². The van der Waals surface area contributed by atoms with E-state index in [0.717, 1.165) is 0 Å². The molecule has 0 saturated carbocycles. The largest absolute Gasteiger partial charge is 0.446 e. The van der Waals surface area contributed by atoms with Crippen LogP contribution in [0.1, 0.15) is 22.6 Å². The lowest BCUT2D eigenvalue weighted by Gasteiger charge is -2.27. The number of aromatic nitrogens is 4. The molecule has 1 aliphatic heterocycles. The van der Waals surface area contributed by atoms with Gasteiger partial charge in [0.1, 0.15) is 17.7 Å². The summed E-state index contributed by atoms with van der Waals surface area (Å²) in [6.07, 6.45) is 1.46. The minimum Gasteiger partial charge on any atom is -0.446 e. The molecule has 0 bridgehead atoms. The Morgan fingerprint density at radius 2 is 1.80 bits per heavy atom. The van der Waals surface area contributed by atoms with Crippen LogP contribution >= 0.6 is 15.9 Å². The third-order valence-corrected chi connectivity index (χ3v) is 6.40. The molecule has 6 aromatic rings. The third-order valence-electron chi connectivity index (χ3n) is 5.97. The predicted octanol–water partition coefficient (Wildman–Crippen LogP) is 5.68. The number of ether oxygens (including phenoxy) is 1. The fourth-order valence-electron chi connectivity index (χ4n) is 4.49. The summed E-state index contributed by atoms with van der Waals surface area (Å²) in [5.41, 5.74) is 0.916. The topological polar surface area (TPSA) is 95.7 Å². The number of furan rings is 1. The first-order valence-corrected chi connectivity index (χ1v) is 11.4. The van der Waals surface area contributed by atoms with Gasteiger partial charge in [0.05, 0.1) is 22.4 Å². The molecule has 0 amide bonds. The van der Waals surface area contributed by atoms with Crippen molar-refractivity contribution in [2.24, 2.45) is 0 Å². The lowest BCUT2D eigenvalue weighted by atomic mass is 9.84. The summed E-state index contributed by atoms with van der Waals surface area (Å²) in [6.45, 7) is 0. The van der Waals surface area contributed by atoms with Crippen molar-refractivity contribution in [3.05, 3.63) is 105 Å². The van der Waals surface area contributed by atoms with Crippen molar-refractivity contribution in [2.75, 3.05) is 0 Å². The Balaban J connectivity index is 1.57. The summed E-state index contributed by atoms with van der Waals surface area (Å²) in [6, 6.07) is 16.7. The molecule has 0 radical (unpaired) electrons. The van der Waals surface area contributed by atoms with E-state index < -0.39 is 17.4 Å². The van der Waals surface area contributed by atoms with Gasteiger partial charge in [0, 0.05) is 5.56 Å². The van der Waals surface area contributed by atoms with E-state index >= 15 is 4.39 Å². The number of nitrogens with zero attached hydrogens (tertiary/aromatic N) is 4. The van der Waals surface area contributed by atoms with Crippen LogP contribution in [0.2, 0.25) is 0 Å². The van der Waals surface area contributed by atoms with Gasteiger partial charge in [-0.25, -0.2) is 23.7 Å². The van der Waals surface area contributed by atoms with Crippen LogP contribution in [-0.2, 0) is 0 Å². The van der Waals surface area contributed by atoms with Crippen LogP contribution in [0.15, 0.2) is 85.3 Å². The number of hydrogen-bond acceptors (Lipinski definition) is 7. The number of para-hydroxylation sites is 1. The number of fused-ring (bicyclic) bond motifs is 6. The molecule has 0 fully saturated rings. The fourth-order valence-corrected chi connectivity index (χ4v) is 4.80. The van der Waals surface area contributed by atoms with E-state index in [-0.39, 0.29) is 22.8 Å². The van der Waals surface area contributed by atoms with Gasteiger partial charge in [-0.2, -0.15) is 0 Å². The predicted molar refractivity (Wildman–Crippen MR) is 126 cm³/mol. The third kappa shape index (κ3) is 2.96. The zero-order chi connectivity index (χ0) is 23.7. The first-order chi connectivity index (χ1) is 17.1. The highest BCUT2D eigenvalue weighted by molar-refractivity contribution is 9.10. The molecule has 0 N–H and O–H groups in total. The van der Waals surface area contributed by atoms with Gasteiger partial charge in [-0.1, -0.05) is 30.3 Å². The smallest absolute Gasteiger partial charge is 0.344 e. The molecular weight excluding hydrogens is 519 g/mol. The minimum absolute atomic E-state index is 0.168. The molecule has 170 valence electrons. The molecule has 0 saturated heterocycles. The van der Waals surface area contributed by atoms with Crippen LogP contribution < -0.4 is 10.4 Å². The van der Waals surface area contributed by atoms with E-state index in [0.29, 0.717) is 38.4 Å². The Labute approximate surface area is 203 Å². The van der Waals surface area contributed by atoms with Gasteiger partial charge in [-0.3, -0.25) is 0 Å². The molecule has 0 aliphatic carbocycles. The van der Waals surface area contributed by atoms with Crippen molar-refractivity contribution in [1.82, 2.24) is 19.6 Å². The van der Waals surface area contributed by atoms with Crippen LogP contribution in [0.5, 0.6) is 11.6 Å². The Kier molecular flexibility index (Phi) is 4.22. The first kappa shape index (κ1) is 20.1. The second-order valence-electron chi connectivity index (χ2n) is 7.96. The summed E-state index contributed by atoms with van der Waals surface area (Å²) in [5.74, 6) is -0.167. The van der Waals surface area contributed by atoms with Gasteiger partial charge in [0.15, 0.2) is 21.8 Å². The van der Waals surface area contributed by atoms with E-state index in [1.54, 1.807) is 48.5 Å². The Bertz CT molecular complexity index is 1860. The molecule has 8 nitrogen and oxygen atoms in total. The Hall–Kier alpha value is -4.31. The second-order valence-corrected chi connectivity index (χ2v) is 8.74. The SMILES string of the molecule is O=c1oc2ccccc2c2c1C(c1ccccc1F)c1c(ncn3nc(-c4ccc(Br)o4)nc13)O2. The van der Waals surface area contributed by atoms with Crippen molar-refractivity contribution >= 4 is 32.5 Å². The van der Waals surface area contributed by atoms with Crippen LogP contribution in [0.3, 0.4) is 0 Å². The molecule has 10 heteroatoms. The Morgan fingerprint density at radius 1 is 0.971 bits per heavy atom. The van der Waals surface area contributed by atoms with E-state index in [4.69, 9.17) is 13.6 Å². The zero-order valence-electron chi connectivity index (χ0n) is 17.6. The van der Waals surface area contributed by atoms with Crippen molar-refractivity contribution < 1.29 is 18.0 Å². The van der Waals surface area contributed by atoms with Crippen molar-refractivity contribution in [3.8, 4) is 23.2 Å². The fraction of sp³-hybridized carbons (Fsp3) is 0.0400. The number of hydrogen-bond donors (Lipinski definition) is 0. The molecular formula is C25H12BrFN4O4. The first-order valence-electron chi connectivity index (χ1n) is 10.6. The Morgan fingerprint density at radius 3 is 2.63 bits per heavy atom. The van der Waals surface area contributed by atoms with E-state index in [9.17, 15) is 4.79 Å². The summed E-state index contributed by atoms with van der Waals surface area (Å²) in [5, 5.41) is 5.04. The quantitative estimate of drug-likeness (QED) is 0.265. The standard InChI is InChI=1S/C25H12BrFN4O4/c26-17-10-9-16(33-17)22-29-23-20-18(12-5-1-3-7-14(12)27)19-21(35-24(20)28-11-31(23)30-22)13-6-2-4-8-15(13)34-25(19)32/h1-11,18H. The summed E-state index contributed by atoms with van der Waals surface area (Å²) >= 11 is 3.28. The molecule has 1 aliphatic rings. The molecule has 0 spiro atoms. The van der Waals surface area contributed by atoms with Gasteiger partial charge < -0.3 is 13.6 Å². The molecule has 35 heavy (non-hydrogen) atoms. The highest BCUT2D eigenvalue weighted by Crippen LogP contribution is 2.49. The van der Waals surface area contributed by atoms with E-state index in [1.807, 2.05) is 6.07 Å². The molecule has 1 atom stereocenters. The number of rotatable bonds is 2. The van der Waals surface area contributed by atoms with Crippen LogP contribution in [0.4, 0.5) is 4.39 Å². The maximum Gasteiger partial charge on any atom is 0.344 e. The monoisotopic (exact) mass is 530 g/mol. The van der Waals surface area contributed by atoms with Gasteiger partial charge in [-0.15, -0.1) is 5.10 Å². The van der Waals surface area contributed by atoms with E-state index in [1.165, 1.54) is 16.9 Å². The van der Waals surface area contributed by atoms with Gasteiger partial charge >= 0.3 is 5.63 Å². The number of halogens is 2. The highest BCUT2D eigenvalue weighted by Gasteiger charge is 2.38. The second kappa shape index (κ2) is 7.34. The molecule has 2 aromatic carbocycles. The lowest BCUT2D eigenvalue weighted by Crippen LogP contribution is -2.23. The van der Waals surface area contributed by atoms with Gasteiger partial charge in [0.25, 0.3) is 0 Å². The number of benzene rings is 2. The average Bonchev–Trinajstić information content (AvgIpc) is 3.49. The normalized spacial score (nSPS) is 14.6. The average molecular weight is 531 g/mol. The molecule has 1 unspecified atom stereocenters.